The Balaban J connectivity index is 2.12. The summed E-state index contributed by atoms with van der Waals surface area (Å²) in [5.41, 5.74) is 5.78. The van der Waals surface area contributed by atoms with Crippen LogP contribution >= 0.6 is 23.5 Å². The summed E-state index contributed by atoms with van der Waals surface area (Å²) < 4.78 is 0. The van der Waals surface area contributed by atoms with Gasteiger partial charge in [-0.3, -0.25) is 11.3 Å². The summed E-state index contributed by atoms with van der Waals surface area (Å²) in [6, 6.07) is 9.16. The Morgan fingerprint density at radius 1 is 1.44 bits per heavy atom. The molecule has 2 nitrogen and oxygen atoms in total. The Kier molecular flexibility index (Phi) is 5.89. The third-order valence-electron chi connectivity index (χ3n) is 3.24. The van der Waals surface area contributed by atoms with Crippen LogP contribution in [0.4, 0.5) is 0 Å². The van der Waals surface area contributed by atoms with Gasteiger partial charge in [0, 0.05) is 22.5 Å². The van der Waals surface area contributed by atoms with E-state index < -0.39 is 0 Å². The van der Waals surface area contributed by atoms with Crippen molar-refractivity contribution < 1.29 is 0 Å². The van der Waals surface area contributed by atoms with Gasteiger partial charge in [0.2, 0.25) is 0 Å². The first-order valence-electron chi connectivity index (χ1n) is 6.59. The largest absolute Gasteiger partial charge is 0.271 e. The number of aryl methyl sites for hydroxylation is 1. The van der Waals surface area contributed by atoms with Crippen molar-refractivity contribution in [3.63, 3.8) is 0 Å². The van der Waals surface area contributed by atoms with Gasteiger partial charge in [0.25, 0.3) is 0 Å². The molecule has 100 valence electrons. The number of nitrogens with one attached hydrogen (secondary N) is 1. The number of hydrazine groups is 1. The standard InChI is InChI=1S/C14H22N2S2/c1-2-4-11-5-3-6-12(9-11)14(16-15)13-10-17-7-8-18-13/h3,5-6,9,13-14,16H,2,4,7-8,10,15H2,1H3. The number of hydrogen-bond donors (Lipinski definition) is 2. The number of nitrogens with two attached hydrogens (primary N) is 1. The van der Waals surface area contributed by atoms with Gasteiger partial charge in [0.15, 0.2) is 0 Å². The first kappa shape index (κ1) is 14.3. The molecule has 1 fully saturated rings. The molecule has 1 heterocycles. The summed E-state index contributed by atoms with van der Waals surface area (Å²) >= 11 is 4.09. The van der Waals surface area contributed by atoms with E-state index in [-0.39, 0.29) is 6.04 Å². The quantitative estimate of drug-likeness (QED) is 0.643. The maximum Gasteiger partial charge on any atom is 0.0586 e. The minimum Gasteiger partial charge on any atom is -0.271 e. The van der Waals surface area contributed by atoms with Crippen LogP contribution in [-0.2, 0) is 6.42 Å². The monoisotopic (exact) mass is 282 g/mol. The third kappa shape index (κ3) is 3.67. The third-order valence-corrected chi connectivity index (χ3v) is 6.11. The predicted octanol–water partition coefficient (Wildman–Crippen LogP) is 2.99. The highest BCUT2D eigenvalue weighted by molar-refractivity contribution is 8.06. The molecule has 0 radical (unpaired) electrons. The van der Waals surface area contributed by atoms with Crippen LogP contribution in [0, 0.1) is 0 Å². The molecule has 0 aromatic heterocycles. The second-order valence-corrected chi connectivity index (χ2v) is 7.12. The number of thioether (sulfide) groups is 2. The second-order valence-electron chi connectivity index (χ2n) is 4.62. The zero-order valence-corrected chi connectivity index (χ0v) is 12.5. The van der Waals surface area contributed by atoms with Crippen molar-refractivity contribution in [2.75, 3.05) is 17.3 Å². The van der Waals surface area contributed by atoms with E-state index in [2.05, 4.69) is 36.6 Å². The fourth-order valence-corrected chi connectivity index (χ4v) is 5.20. The second kappa shape index (κ2) is 7.43. The minimum absolute atomic E-state index is 0.277. The van der Waals surface area contributed by atoms with Crippen molar-refractivity contribution in [1.29, 1.82) is 0 Å². The summed E-state index contributed by atoms with van der Waals surface area (Å²) in [7, 11) is 0. The first-order chi connectivity index (χ1) is 8.85. The molecule has 4 heteroatoms. The van der Waals surface area contributed by atoms with E-state index in [9.17, 15) is 0 Å². The van der Waals surface area contributed by atoms with Crippen LogP contribution < -0.4 is 11.3 Å². The Morgan fingerprint density at radius 2 is 2.33 bits per heavy atom. The van der Waals surface area contributed by atoms with E-state index in [4.69, 9.17) is 5.84 Å². The molecule has 18 heavy (non-hydrogen) atoms. The SMILES string of the molecule is CCCc1cccc(C(NN)C2CSCCS2)c1. The summed E-state index contributed by atoms with van der Waals surface area (Å²) in [6.07, 6.45) is 2.34. The summed E-state index contributed by atoms with van der Waals surface area (Å²) in [6.45, 7) is 2.22. The molecule has 1 aliphatic rings. The molecule has 0 saturated carbocycles. The van der Waals surface area contributed by atoms with Gasteiger partial charge >= 0.3 is 0 Å². The zero-order chi connectivity index (χ0) is 12.8. The normalized spacial score (nSPS) is 21.8. The Bertz CT molecular complexity index is 365. The van der Waals surface area contributed by atoms with Crippen LogP contribution in [-0.4, -0.2) is 22.5 Å². The predicted molar refractivity (Wildman–Crippen MR) is 84.1 cm³/mol. The van der Waals surface area contributed by atoms with Crippen LogP contribution in [0.1, 0.15) is 30.5 Å². The zero-order valence-electron chi connectivity index (χ0n) is 10.9. The fraction of sp³-hybridized carbons (Fsp3) is 0.571. The van der Waals surface area contributed by atoms with E-state index in [0.29, 0.717) is 5.25 Å². The van der Waals surface area contributed by atoms with Gasteiger partial charge in [-0.05, 0) is 17.5 Å². The highest BCUT2D eigenvalue weighted by atomic mass is 32.2. The van der Waals surface area contributed by atoms with Gasteiger partial charge in [0.1, 0.15) is 0 Å². The molecule has 1 aromatic rings. The number of benzene rings is 1. The van der Waals surface area contributed by atoms with Gasteiger partial charge in [0.05, 0.1) is 6.04 Å². The lowest BCUT2D eigenvalue weighted by Gasteiger charge is -2.29. The summed E-state index contributed by atoms with van der Waals surface area (Å²) in [5.74, 6) is 9.49. The summed E-state index contributed by atoms with van der Waals surface area (Å²) in [5, 5.41) is 0.589. The molecule has 1 saturated heterocycles. The number of rotatable bonds is 5. The van der Waals surface area contributed by atoms with Crippen LogP contribution in [0.2, 0.25) is 0 Å². The van der Waals surface area contributed by atoms with Gasteiger partial charge in [-0.1, -0.05) is 37.6 Å². The molecule has 0 aliphatic carbocycles. The van der Waals surface area contributed by atoms with E-state index in [1.165, 1.54) is 34.8 Å². The molecule has 1 aromatic carbocycles. The van der Waals surface area contributed by atoms with Gasteiger partial charge < -0.3 is 0 Å². The van der Waals surface area contributed by atoms with Crippen molar-refractivity contribution in [2.45, 2.75) is 31.1 Å². The molecule has 3 N–H and O–H groups in total. The highest BCUT2D eigenvalue weighted by Gasteiger charge is 2.25. The molecule has 1 aliphatic heterocycles. The van der Waals surface area contributed by atoms with Crippen molar-refractivity contribution >= 4 is 23.5 Å². The summed E-state index contributed by atoms with van der Waals surface area (Å²) in [4.78, 5) is 0. The lowest BCUT2D eigenvalue weighted by molar-refractivity contribution is 0.552. The van der Waals surface area contributed by atoms with Crippen LogP contribution in [0.5, 0.6) is 0 Å². The van der Waals surface area contributed by atoms with E-state index >= 15 is 0 Å². The lowest BCUT2D eigenvalue weighted by atomic mass is 10.0. The number of hydrogen-bond acceptors (Lipinski definition) is 4. The van der Waals surface area contributed by atoms with Crippen LogP contribution in [0.3, 0.4) is 0 Å². The first-order valence-corrected chi connectivity index (χ1v) is 8.79. The van der Waals surface area contributed by atoms with Gasteiger partial charge in [-0.2, -0.15) is 23.5 Å². The Labute approximate surface area is 118 Å². The Hall–Kier alpha value is -0.160. The van der Waals surface area contributed by atoms with Crippen molar-refractivity contribution in [1.82, 2.24) is 5.43 Å². The average molecular weight is 282 g/mol. The van der Waals surface area contributed by atoms with Crippen LogP contribution in [0.25, 0.3) is 0 Å². The van der Waals surface area contributed by atoms with E-state index in [1.807, 2.05) is 23.5 Å². The molecule has 2 atom stereocenters. The van der Waals surface area contributed by atoms with Crippen LogP contribution in [0.15, 0.2) is 24.3 Å². The smallest absolute Gasteiger partial charge is 0.0586 e. The maximum absolute atomic E-state index is 5.79. The highest BCUT2D eigenvalue weighted by Crippen LogP contribution is 2.33. The van der Waals surface area contributed by atoms with E-state index in [0.717, 1.165) is 6.42 Å². The fourth-order valence-electron chi connectivity index (χ4n) is 2.35. The van der Waals surface area contributed by atoms with Crippen molar-refractivity contribution in [3.8, 4) is 0 Å². The molecule has 0 spiro atoms. The molecular weight excluding hydrogens is 260 g/mol. The molecule has 0 bridgehead atoms. The van der Waals surface area contributed by atoms with Crippen molar-refractivity contribution in [3.05, 3.63) is 35.4 Å². The average Bonchev–Trinajstić information content (AvgIpc) is 2.42. The van der Waals surface area contributed by atoms with Gasteiger partial charge in [-0.25, -0.2) is 0 Å². The topological polar surface area (TPSA) is 38.0 Å². The maximum atomic E-state index is 5.79. The van der Waals surface area contributed by atoms with Gasteiger partial charge in [-0.15, -0.1) is 0 Å². The van der Waals surface area contributed by atoms with E-state index in [1.54, 1.807) is 0 Å². The minimum atomic E-state index is 0.277. The molecule has 2 rings (SSSR count). The Morgan fingerprint density at radius 3 is 3.00 bits per heavy atom. The molecule has 0 amide bonds. The molecule has 2 unspecified atom stereocenters. The van der Waals surface area contributed by atoms with Crippen molar-refractivity contribution in [2.24, 2.45) is 5.84 Å². The lowest BCUT2D eigenvalue weighted by Crippen LogP contribution is -2.37. The molecular formula is C14H22N2S2.